The van der Waals surface area contributed by atoms with E-state index in [0.717, 1.165) is 0 Å². The monoisotopic (exact) mass is 418 g/mol. The van der Waals surface area contributed by atoms with Crippen molar-refractivity contribution in [2.45, 2.75) is 26.9 Å². The Morgan fingerprint density at radius 3 is 2.03 bits per heavy atom. The third-order valence-electron chi connectivity index (χ3n) is 4.12. The summed E-state index contributed by atoms with van der Waals surface area (Å²) in [5, 5.41) is 23.7. The second-order valence-electron chi connectivity index (χ2n) is 6.18. The number of hydrogen-bond acceptors (Lipinski definition) is 7. The smallest absolute Gasteiger partial charge is 0.269 e. The van der Waals surface area contributed by atoms with E-state index in [9.17, 15) is 20.0 Å². The van der Waals surface area contributed by atoms with Crippen molar-refractivity contribution in [3.05, 3.63) is 57.6 Å². The second kappa shape index (κ2) is 11.0. The van der Waals surface area contributed by atoms with E-state index in [-0.39, 0.29) is 12.2 Å². The van der Waals surface area contributed by atoms with Crippen molar-refractivity contribution in [2.24, 2.45) is 0 Å². The van der Waals surface area contributed by atoms with Crippen molar-refractivity contribution in [3.63, 3.8) is 0 Å². The molecule has 0 heterocycles. The number of nitrogens with zero attached hydrogens (tertiary/aromatic N) is 1. The molecular formula is C21H26N2O7. The van der Waals surface area contributed by atoms with Crippen molar-refractivity contribution in [3.8, 4) is 17.2 Å². The lowest BCUT2D eigenvalue weighted by Crippen LogP contribution is -2.28. The minimum atomic E-state index is -1.02. The normalized spacial score (nSPS) is 11.5. The molecule has 30 heavy (non-hydrogen) atoms. The fourth-order valence-corrected chi connectivity index (χ4v) is 2.75. The van der Waals surface area contributed by atoms with Crippen LogP contribution in [0.2, 0.25) is 0 Å². The van der Waals surface area contributed by atoms with Gasteiger partial charge in [-0.25, -0.2) is 0 Å². The molecule has 0 aliphatic heterocycles. The highest BCUT2D eigenvalue weighted by atomic mass is 16.6. The molecule has 0 aliphatic rings. The number of benzene rings is 2. The van der Waals surface area contributed by atoms with Gasteiger partial charge in [-0.1, -0.05) is 0 Å². The average molecular weight is 418 g/mol. The van der Waals surface area contributed by atoms with Crippen LogP contribution in [0.3, 0.4) is 0 Å². The number of nitro benzene ring substituents is 1. The number of carbonyl (C=O) groups is 1. The molecule has 2 aromatic rings. The Labute approximate surface area is 174 Å². The quantitative estimate of drug-likeness (QED) is 0.424. The van der Waals surface area contributed by atoms with Crippen molar-refractivity contribution in [2.75, 3.05) is 26.4 Å². The Bertz CT molecular complexity index is 841. The van der Waals surface area contributed by atoms with Gasteiger partial charge in [-0.2, -0.15) is 0 Å². The van der Waals surface area contributed by atoms with E-state index < -0.39 is 16.9 Å². The van der Waals surface area contributed by atoms with Gasteiger partial charge in [-0.05, 0) is 50.6 Å². The Kier molecular flexibility index (Phi) is 8.42. The standard InChI is InChI=1S/C21H26N2O7/c1-4-28-18-11-15(12-19(29-5-2)20(18)30-6-3)21(25)22-13-17(24)14-7-9-16(10-8-14)23(26)27/h7-12,17,24H,4-6,13H2,1-3H3,(H,22,25). The van der Waals surface area contributed by atoms with E-state index in [1.807, 2.05) is 20.8 Å². The summed E-state index contributed by atoms with van der Waals surface area (Å²) in [5.41, 5.74) is 0.676. The van der Waals surface area contributed by atoms with Crippen LogP contribution >= 0.6 is 0 Å². The lowest BCUT2D eigenvalue weighted by Gasteiger charge is -2.17. The maximum atomic E-state index is 12.6. The lowest BCUT2D eigenvalue weighted by molar-refractivity contribution is -0.384. The van der Waals surface area contributed by atoms with Gasteiger partial charge in [0.25, 0.3) is 11.6 Å². The topological polar surface area (TPSA) is 120 Å². The van der Waals surface area contributed by atoms with Crippen LogP contribution in [0, 0.1) is 10.1 Å². The summed E-state index contributed by atoms with van der Waals surface area (Å²) in [4.78, 5) is 22.8. The molecule has 2 rings (SSSR count). The Morgan fingerprint density at radius 1 is 1.03 bits per heavy atom. The van der Waals surface area contributed by atoms with E-state index in [1.54, 1.807) is 12.1 Å². The highest BCUT2D eigenvalue weighted by molar-refractivity contribution is 5.95. The summed E-state index contributed by atoms with van der Waals surface area (Å²) in [6.07, 6.45) is -1.02. The van der Waals surface area contributed by atoms with Crippen molar-refractivity contribution >= 4 is 11.6 Å². The Morgan fingerprint density at radius 2 is 1.57 bits per heavy atom. The molecule has 2 aromatic carbocycles. The first-order valence-corrected chi connectivity index (χ1v) is 9.68. The summed E-state index contributed by atoms with van der Waals surface area (Å²) >= 11 is 0. The van der Waals surface area contributed by atoms with Crippen molar-refractivity contribution in [1.29, 1.82) is 0 Å². The van der Waals surface area contributed by atoms with Gasteiger partial charge in [0, 0.05) is 24.2 Å². The fraction of sp³-hybridized carbons (Fsp3) is 0.381. The number of non-ortho nitro benzene ring substituents is 1. The minimum absolute atomic E-state index is 0.0716. The van der Waals surface area contributed by atoms with Crippen LogP contribution in [0.25, 0.3) is 0 Å². The molecule has 0 saturated heterocycles. The molecule has 9 heteroatoms. The summed E-state index contributed by atoms with van der Waals surface area (Å²) in [6.45, 7) is 6.59. The third-order valence-corrected chi connectivity index (χ3v) is 4.12. The van der Waals surface area contributed by atoms with E-state index in [2.05, 4.69) is 5.32 Å². The molecule has 0 fully saturated rings. The van der Waals surface area contributed by atoms with Gasteiger partial charge in [0.15, 0.2) is 11.5 Å². The van der Waals surface area contributed by atoms with Crippen LogP contribution in [0.15, 0.2) is 36.4 Å². The highest BCUT2D eigenvalue weighted by Gasteiger charge is 2.19. The first-order chi connectivity index (χ1) is 14.4. The fourth-order valence-electron chi connectivity index (χ4n) is 2.75. The second-order valence-corrected chi connectivity index (χ2v) is 6.18. The summed E-state index contributed by atoms with van der Waals surface area (Å²) < 4.78 is 16.8. The lowest BCUT2D eigenvalue weighted by atomic mass is 10.1. The molecule has 0 aromatic heterocycles. The zero-order chi connectivity index (χ0) is 22.1. The zero-order valence-corrected chi connectivity index (χ0v) is 17.2. The number of aliphatic hydroxyl groups is 1. The molecule has 162 valence electrons. The largest absolute Gasteiger partial charge is 0.490 e. The first-order valence-electron chi connectivity index (χ1n) is 9.68. The van der Waals surface area contributed by atoms with E-state index in [1.165, 1.54) is 24.3 Å². The van der Waals surface area contributed by atoms with Crippen molar-refractivity contribution in [1.82, 2.24) is 5.32 Å². The summed E-state index contributed by atoms with van der Waals surface area (Å²) in [5.74, 6) is 0.794. The van der Waals surface area contributed by atoms with Crippen molar-refractivity contribution < 1.29 is 29.0 Å². The van der Waals surface area contributed by atoms with Crippen LogP contribution in [-0.2, 0) is 0 Å². The van der Waals surface area contributed by atoms with Gasteiger partial charge < -0.3 is 24.6 Å². The summed E-state index contributed by atoms with van der Waals surface area (Å²) in [6, 6.07) is 8.62. The number of nitrogens with one attached hydrogen (secondary N) is 1. The van der Waals surface area contributed by atoms with Gasteiger partial charge in [0.05, 0.1) is 30.8 Å². The van der Waals surface area contributed by atoms with Gasteiger partial charge in [-0.15, -0.1) is 0 Å². The first kappa shape index (κ1) is 23.0. The molecule has 0 aliphatic carbocycles. The predicted octanol–water partition coefficient (Wildman–Crippen LogP) is 3.25. The third kappa shape index (κ3) is 5.84. The van der Waals surface area contributed by atoms with Gasteiger partial charge in [-0.3, -0.25) is 14.9 Å². The molecule has 0 radical (unpaired) electrons. The molecule has 0 spiro atoms. The van der Waals surface area contributed by atoms with Gasteiger partial charge in [0.2, 0.25) is 5.75 Å². The van der Waals surface area contributed by atoms with Crippen LogP contribution < -0.4 is 19.5 Å². The molecule has 1 atom stereocenters. The molecule has 0 saturated carbocycles. The van der Waals surface area contributed by atoms with E-state index in [4.69, 9.17) is 14.2 Å². The maximum absolute atomic E-state index is 12.6. The maximum Gasteiger partial charge on any atom is 0.269 e. The molecule has 9 nitrogen and oxygen atoms in total. The Balaban J connectivity index is 2.15. The van der Waals surface area contributed by atoms with Crippen LogP contribution in [-0.4, -0.2) is 42.3 Å². The van der Waals surface area contributed by atoms with E-state index >= 15 is 0 Å². The van der Waals surface area contributed by atoms with E-state index in [0.29, 0.717) is 48.2 Å². The SMILES string of the molecule is CCOc1cc(C(=O)NCC(O)c2ccc([N+](=O)[O-])cc2)cc(OCC)c1OCC. The van der Waals surface area contributed by atoms with Crippen LogP contribution in [0.4, 0.5) is 5.69 Å². The highest BCUT2D eigenvalue weighted by Crippen LogP contribution is 2.39. The number of ether oxygens (including phenoxy) is 3. The number of aliphatic hydroxyl groups excluding tert-OH is 1. The van der Waals surface area contributed by atoms with Gasteiger partial charge >= 0.3 is 0 Å². The average Bonchev–Trinajstić information content (AvgIpc) is 2.74. The molecule has 0 bridgehead atoms. The number of nitro groups is 1. The van der Waals surface area contributed by atoms with Gasteiger partial charge in [0.1, 0.15) is 0 Å². The van der Waals surface area contributed by atoms with Crippen LogP contribution in [0.5, 0.6) is 17.2 Å². The number of hydrogen-bond donors (Lipinski definition) is 2. The number of carbonyl (C=O) groups excluding carboxylic acids is 1. The zero-order valence-electron chi connectivity index (χ0n) is 17.2. The minimum Gasteiger partial charge on any atom is -0.490 e. The van der Waals surface area contributed by atoms with Crippen LogP contribution in [0.1, 0.15) is 42.8 Å². The molecule has 1 unspecified atom stereocenters. The molecular weight excluding hydrogens is 392 g/mol. The number of amides is 1. The summed E-state index contributed by atoms with van der Waals surface area (Å²) in [7, 11) is 0. The molecule has 2 N–H and O–H groups in total. The molecule has 1 amide bonds. The predicted molar refractivity (Wildman–Crippen MR) is 110 cm³/mol. The number of rotatable bonds is 11. The Hall–Kier alpha value is -3.33.